The molecule has 2 rings (SSSR count). The molecule has 0 fully saturated rings. The highest BCUT2D eigenvalue weighted by molar-refractivity contribution is 5.37. The summed E-state index contributed by atoms with van der Waals surface area (Å²) < 4.78 is 0. The van der Waals surface area contributed by atoms with E-state index >= 15 is 0 Å². The maximum absolute atomic E-state index is 3.55. The summed E-state index contributed by atoms with van der Waals surface area (Å²) in [5.74, 6) is 0.684. The molecule has 1 aromatic carbocycles. The van der Waals surface area contributed by atoms with Crippen molar-refractivity contribution < 1.29 is 0 Å². The zero-order valence-corrected chi connectivity index (χ0v) is 8.59. The molecule has 1 unspecified atom stereocenters. The highest BCUT2D eigenvalue weighted by Gasteiger charge is 2.23. The van der Waals surface area contributed by atoms with Gasteiger partial charge in [-0.25, -0.2) is 0 Å². The van der Waals surface area contributed by atoms with E-state index in [0.29, 0.717) is 12.0 Å². The molecule has 1 aliphatic rings. The molecule has 1 aromatic rings. The molecule has 0 radical (unpaired) electrons. The van der Waals surface area contributed by atoms with Crippen molar-refractivity contribution in [1.82, 2.24) is 5.32 Å². The van der Waals surface area contributed by atoms with Crippen LogP contribution in [-0.4, -0.2) is 0 Å². The summed E-state index contributed by atoms with van der Waals surface area (Å²) in [5.41, 5.74) is 4.35. The van der Waals surface area contributed by atoms with Gasteiger partial charge < -0.3 is 5.32 Å². The Labute approximate surface area is 80.2 Å². The predicted octanol–water partition coefficient (Wildman–Crippen LogP) is 2.80. The van der Waals surface area contributed by atoms with Gasteiger partial charge in [0.25, 0.3) is 0 Å². The molecule has 0 amide bonds. The highest BCUT2D eigenvalue weighted by Crippen LogP contribution is 2.30. The third kappa shape index (κ3) is 1.49. The van der Waals surface area contributed by atoms with Crippen molar-refractivity contribution in [2.45, 2.75) is 33.4 Å². The molecule has 70 valence electrons. The van der Waals surface area contributed by atoms with Gasteiger partial charge in [0.05, 0.1) is 0 Å². The van der Waals surface area contributed by atoms with Crippen molar-refractivity contribution in [2.75, 3.05) is 0 Å². The first kappa shape index (κ1) is 8.76. The van der Waals surface area contributed by atoms with Gasteiger partial charge in [0, 0.05) is 12.6 Å². The monoisotopic (exact) mass is 175 g/mol. The van der Waals surface area contributed by atoms with Crippen molar-refractivity contribution in [2.24, 2.45) is 5.92 Å². The number of aryl methyl sites for hydroxylation is 1. The first-order valence-electron chi connectivity index (χ1n) is 5.01. The van der Waals surface area contributed by atoms with Gasteiger partial charge in [-0.3, -0.25) is 0 Å². The average Bonchev–Trinajstić information content (AvgIpc) is 2.46. The number of rotatable bonds is 1. The number of benzene rings is 1. The Morgan fingerprint density at radius 3 is 2.85 bits per heavy atom. The summed E-state index contributed by atoms with van der Waals surface area (Å²) in [5, 5.41) is 3.55. The molecule has 13 heavy (non-hydrogen) atoms. The molecular weight excluding hydrogens is 158 g/mol. The molecular formula is C12H17N. The number of fused-ring (bicyclic) bond motifs is 1. The van der Waals surface area contributed by atoms with E-state index in [2.05, 4.69) is 44.3 Å². The fourth-order valence-electron chi connectivity index (χ4n) is 2.12. The summed E-state index contributed by atoms with van der Waals surface area (Å²) in [4.78, 5) is 0. The molecule has 1 N–H and O–H groups in total. The molecule has 1 heterocycles. The van der Waals surface area contributed by atoms with E-state index in [4.69, 9.17) is 0 Å². The first-order valence-corrected chi connectivity index (χ1v) is 5.01. The van der Waals surface area contributed by atoms with E-state index in [1.54, 1.807) is 0 Å². The molecule has 0 saturated heterocycles. The van der Waals surface area contributed by atoms with E-state index in [1.165, 1.54) is 16.7 Å². The topological polar surface area (TPSA) is 12.0 Å². The van der Waals surface area contributed by atoms with Crippen LogP contribution in [0.4, 0.5) is 0 Å². The fraction of sp³-hybridized carbons (Fsp3) is 0.500. The molecule has 0 aliphatic carbocycles. The second kappa shape index (κ2) is 3.15. The predicted molar refractivity (Wildman–Crippen MR) is 55.6 cm³/mol. The van der Waals surface area contributed by atoms with Crippen molar-refractivity contribution in [3.63, 3.8) is 0 Å². The minimum atomic E-state index is 0.565. The van der Waals surface area contributed by atoms with E-state index in [1.807, 2.05) is 0 Å². The Kier molecular flexibility index (Phi) is 2.12. The Balaban J connectivity index is 2.38. The Hall–Kier alpha value is -0.820. The minimum absolute atomic E-state index is 0.565. The number of nitrogens with one attached hydrogen (secondary N) is 1. The first-order chi connectivity index (χ1) is 6.18. The van der Waals surface area contributed by atoms with Crippen molar-refractivity contribution in [3.05, 3.63) is 34.9 Å². The van der Waals surface area contributed by atoms with Crippen LogP contribution in [0.5, 0.6) is 0 Å². The van der Waals surface area contributed by atoms with Gasteiger partial charge in [0.15, 0.2) is 0 Å². The number of hydrogen-bond donors (Lipinski definition) is 1. The summed E-state index contributed by atoms with van der Waals surface area (Å²) in [6.45, 7) is 7.74. The van der Waals surface area contributed by atoms with Crippen LogP contribution in [0.25, 0.3) is 0 Å². The van der Waals surface area contributed by atoms with Crippen LogP contribution >= 0.6 is 0 Å². The van der Waals surface area contributed by atoms with Crippen molar-refractivity contribution >= 4 is 0 Å². The van der Waals surface area contributed by atoms with E-state index < -0.39 is 0 Å². The summed E-state index contributed by atoms with van der Waals surface area (Å²) >= 11 is 0. The molecule has 0 saturated carbocycles. The van der Waals surface area contributed by atoms with Crippen LogP contribution in [0.2, 0.25) is 0 Å². The normalized spacial score (nSPS) is 20.8. The maximum atomic E-state index is 3.55. The van der Waals surface area contributed by atoms with Gasteiger partial charge in [0.1, 0.15) is 0 Å². The molecule has 1 atom stereocenters. The van der Waals surface area contributed by atoms with Crippen LogP contribution in [0.15, 0.2) is 18.2 Å². The zero-order valence-electron chi connectivity index (χ0n) is 8.59. The lowest BCUT2D eigenvalue weighted by Crippen LogP contribution is -2.17. The van der Waals surface area contributed by atoms with Crippen molar-refractivity contribution in [3.8, 4) is 0 Å². The standard InChI is InChI=1S/C12H17N/c1-8(2)12-11-5-4-9(3)6-10(11)7-13-12/h4-6,8,12-13H,7H2,1-3H3. The van der Waals surface area contributed by atoms with Gasteiger partial charge in [-0.1, -0.05) is 37.6 Å². The van der Waals surface area contributed by atoms with E-state index in [9.17, 15) is 0 Å². The van der Waals surface area contributed by atoms with Gasteiger partial charge in [-0.05, 0) is 24.0 Å². The largest absolute Gasteiger partial charge is 0.306 e. The second-order valence-corrected chi connectivity index (χ2v) is 4.30. The van der Waals surface area contributed by atoms with Crippen LogP contribution in [0.3, 0.4) is 0 Å². The molecule has 1 aliphatic heterocycles. The van der Waals surface area contributed by atoms with E-state index in [-0.39, 0.29) is 0 Å². The Morgan fingerprint density at radius 2 is 2.15 bits per heavy atom. The van der Waals surface area contributed by atoms with Gasteiger partial charge in [-0.15, -0.1) is 0 Å². The van der Waals surface area contributed by atoms with Crippen LogP contribution in [0, 0.1) is 12.8 Å². The lowest BCUT2D eigenvalue weighted by Gasteiger charge is -2.15. The van der Waals surface area contributed by atoms with Crippen LogP contribution in [0.1, 0.15) is 36.6 Å². The molecule has 0 aromatic heterocycles. The highest BCUT2D eigenvalue weighted by atomic mass is 14.9. The minimum Gasteiger partial charge on any atom is -0.306 e. The average molecular weight is 175 g/mol. The molecule has 1 heteroatoms. The van der Waals surface area contributed by atoms with Gasteiger partial charge in [0.2, 0.25) is 0 Å². The SMILES string of the molecule is Cc1ccc2c(c1)CNC2C(C)C. The Morgan fingerprint density at radius 1 is 1.38 bits per heavy atom. The van der Waals surface area contributed by atoms with Gasteiger partial charge in [-0.2, -0.15) is 0 Å². The van der Waals surface area contributed by atoms with Gasteiger partial charge >= 0.3 is 0 Å². The quantitative estimate of drug-likeness (QED) is 0.692. The fourth-order valence-corrected chi connectivity index (χ4v) is 2.12. The maximum Gasteiger partial charge on any atom is 0.0349 e. The summed E-state index contributed by atoms with van der Waals surface area (Å²) in [6.07, 6.45) is 0. The molecule has 0 bridgehead atoms. The van der Waals surface area contributed by atoms with E-state index in [0.717, 1.165) is 6.54 Å². The number of hydrogen-bond acceptors (Lipinski definition) is 1. The van der Waals surface area contributed by atoms with Crippen LogP contribution in [-0.2, 0) is 6.54 Å². The third-order valence-electron chi connectivity index (χ3n) is 2.81. The smallest absolute Gasteiger partial charge is 0.0349 e. The lowest BCUT2D eigenvalue weighted by molar-refractivity contribution is 0.441. The molecule has 0 spiro atoms. The Bertz CT molecular complexity index is 315. The molecule has 1 nitrogen and oxygen atoms in total. The second-order valence-electron chi connectivity index (χ2n) is 4.30. The van der Waals surface area contributed by atoms with Crippen molar-refractivity contribution in [1.29, 1.82) is 0 Å². The zero-order chi connectivity index (χ0) is 9.42. The van der Waals surface area contributed by atoms with Crippen LogP contribution < -0.4 is 5.32 Å². The summed E-state index contributed by atoms with van der Waals surface area (Å²) in [7, 11) is 0. The summed E-state index contributed by atoms with van der Waals surface area (Å²) in [6, 6.07) is 7.34. The lowest BCUT2D eigenvalue weighted by atomic mass is 9.95. The third-order valence-corrected chi connectivity index (χ3v) is 2.81.